The molecule has 3 N–H and O–H groups in total. The third kappa shape index (κ3) is 2.81. The minimum Gasteiger partial charge on any atom is -0.384 e. The minimum atomic E-state index is 0.525. The molecule has 1 aliphatic rings. The summed E-state index contributed by atoms with van der Waals surface area (Å²) in [5.74, 6) is 2.25. The van der Waals surface area contributed by atoms with Crippen LogP contribution in [0.1, 0.15) is 32.6 Å². The lowest BCUT2D eigenvalue weighted by molar-refractivity contribution is 0.361. The Balaban J connectivity index is 1.92. The van der Waals surface area contributed by atoms with Crippen LogP contribution in [0.5, 0.6) is 0 Å². The van der Waals surface area contributed by atoms with Crippen LogP contribution < -0.4 is 11.1 Å². The number of nitrogen functional groups attached to an aromatic ring is 1. The third-order valence-corrected chi connectivity index (χ3v) is 3.06. The van der Waals surface area contributed by atoms with Gasteiger partial charge in [0.25, 0.3) is 0 Å². The standard InChI is InChI=1S/C11H18N4/c1-8-2-4-9(5-3-8)15-11-6-10(12)13-7-14-11/h6-9H,2-5H2,1H3,(H3,12,13,14,15). The number of rotatable bonds is 2. The molecule has 82 valence electrons. The first-order chi connectivity index (χ1) is 7.24. The molecule has 1 saturated carbocycles. The number of nitrogens with one attached hydrogen (secondary N) is 1. The smallest absolute Gasteiger partial charge is 0.131 e. The molecule has 1 fully saturated rings. The first kappa shape index (κ1) is 10.2. The summed E-state index contributed by atoms with van der Waals surface area (Å²) in [5, 5.41) is 3.41. The highest BCUT2D eigenvalue weighted by molar-refractivity contribution is 5.43. The Kier molecular flexibility index (Phi) is 3.04. The number of aromatic nitrogens is 2. The van der Waals surface area contributed by atoms with E-state index in [1.807, 2.05) is 0 Å². The summed E-state index contributed by atoms with van der Waals surface area (Å²) in [6.07, 6.45) is 6.57. The van der Waals surface area contributed by atoms with Gasteiger partial charge >= 0.3 is 0 Å². The van der Waals surface area contributed by atoms with E-state index in [0.717, 1.165) is 11.7 Å². The number of nitrogens with zero attached hydrogens (tertiary/aromatic N) is 2. The number of hydrogen-bond donors (Lipinski definition) is 2. The van der Waals surface area contributed by atoms with Gasteiger partial charge in [0.15, 0.2) is 0 Å². The van der Waals surface area contributed by atoms with Crippen molar-refractivity contribution in [1.82, 2.24) is 9.97 Å². The second-order valence-electron chi connectivity index (χ2n) is 4.43. The van der Waals surface area contributed by atoms with Crippen LogP contribution in [0.4, 0.5) is 11.6 Å². The van der Waals surface area contributed by atoms with Crippen LogP contribution in [0, 0.1) is 5.92 Å². The highest BCUT2D eigenvalue weighted by Gasteiger charge is 2.18. The summed E-state index contributed by atoms with van der Waals surface area (Å²) < 4.78 is 0. The molecule has 1 aromatic heterocycles. The molecule has 1 heterocycles. The maximum atomic E-state index is 5.59. The lowest BCUT2D eigenvalue weighted by Gasteiger charge is -2.27. The van der Waals surface area contributed by atoms with Gasteiger partial charge in [-0.2, -0.15) is 0 Å². The maximum Gasteiger partial charge on any atom is 0.131 e. The summed E-state index contributed by atoms with van der Waals surface area (Å²) in [4.78, 5) is 8.02. The van der Waals surface area contributed by atoms with Gasteiger partial charge in [-0.1, -0.05) is 6.92 Å². The lowest BCUT2D eigenvalue weighted by atomic mass is 9.87. The Morgan fingerprint density at radius 3 is 2.67 bits per heavy atom. The summed E-state index contributed by atoms with van der Waals surface area (Å²) in [5.41, 5.74) is 5.59. The van der Waals surface area contributed by atoms with Crippen LogP contribution >= 0.6 is 0 Å². The van der Waals surface area contributed by atoms with Gasteiger partial charge in [-0.15, -0.1) is 0 Å². The Labute approximate surface area is 90.3 Å². The van der Waals surface area contributed by atoms with E-state index in [9.17, 15) is 0 Å². The lowest BCUT2D eigenvalue weighted by Crippen LogP contribution is -2.25. The van der Waals surface area contributed by atoms with Crippen molar-refractivity contribution in [1.29, 1.82) is 0 Å². The number of hydrogen-bond acceptors (Lipinski definition) is 4. The largest absolute Gasteiger partial charge is 0.384 e. The van der Waals surface area contributed by atoms with Gasteiger partial charge in [0.2, 0.25) is 0 Å². The van der Waals surface area contributed by atoms with E-state index in [0.29, 0.717) is 11.9 Å². The van der Waals surface area contributed by atoms with Gasteiger partial charge in [0.05, 0.1) is 0 Å². The van der Waals surface area contributed by atoms with Crippen LogP contribution in [0.15, 0.2) is 12.4 Å². The Morgan fingerprint density at radius 1 is 1.27 bits per heavy atom. The Morgan fingerprint density at radius 2 is 2.00 bits per heavy atom. The van der Waals surface area contributed by atoms with Crippen LogP contribution in [0.25, 0.3) is 0 Å². The fraction of sp³-hybridized carbons (Fsp3) is 0.636. The van der Waals surface area contributed by atoms with E-state index >= 15 is 0 Å². The van der Waals surface area contributed by atoms with E-state index in [4.69, 9.17) is 5.73 Å². The van der Waals surface area contributed by atoms with E-state index in [-0.39, 0.29) is 0 Å². The van der Waals surface area contributed by atoms with Crippen molar-refractivity contribution < 1.29 is 0 Å². The van der Waals surface area contributed by atoms with Gasteiger partial charge in [-0.25, -0.2) is 9.97 Å². The zero-order valence-electron chi connectivity index (χ0n) is 9.11. The third-order valence-electron chi connectivity index (χ3n) is 3.06. The van der Waals surface area contributed by atoms with Crippen molar-refractivity contribution in [3.8, 4) is 0 Å². The Hall–Kier alpha value is -1.32. The van der Waals surface area contributed by atoms with Crippen LogP contribution in [0.2, 0.25) is 0 Å². The first-order valence-electron chi connectivity index (χ1n) is 5.58. The molecule has 0 spiro atoms. The van der Waals surface area contributed by atoms with Crippen molar-refractivity contribution in [2.24, 2.45) is 5.92 Å². The van der Waals surface area contributed by atoms with Gasteiger partial charge in [-0.3, -0.25) is 0 Å². The SMILES string of the molecule is CC1CCC(Nc2cc(N)ncn2)CC1. The molecular weight excluding hydrogens is 188 g/mol. The summed E-state index contributed by atoms with van der Waals surface area (Å²) in [7, 11) is 0. The van der Waals surface area contributed by atoms with Gasteiger partial charge < -0.3 is 11.1 Å². The molecule has 1 aromatic rings. The number of nitrogens with two attached hydrogens (primary N) is 1. The average Bonchev–Trinajstić information content (AvgIpc) is 2.22. The van der Waals surface area contributed by atoms with Crippen LogP contribution in [-0.4, -0.2) is 16.0 Å². The quantitative estimate of drug-likeness (QED) is 0.777. The molecule has 0 amide bonds. The molecule has 2 rings (SSSR count). The van der Waals surface area contributed by atoms with Gasteiger partial charge in [0, 0.05) is 12.1 Å². The minimum absolute atomic E-state index is 0.525. The molecule has 1 aliphatic carbocycles. The summed E-state index contributed by atoms with van der Waals surface area (Å²) in [6.45, 7) is 2.32. The fourth-order valence-electron chi connectivity index (χ4n) is 2.06. The van der Waals surface area contributed by atoms with Crippen LogP contribution in [0.3, 0.4) is 0 Å². The highest BCUT2D eigenvalue weighted by atomic mass is 15.0. The molecule has 0 radical (unpaired) electrons. The molecule has 0 saturated heterocycles. The van der Waals surface area contributed by atoms with Gasteiger partial charge in [0.1, 0.15) is 18.0 Å². The molecule has 0 aliphatic heterocycles. The zero-order valence-corrected chi connectivity index (χ0v) is 9.11. The normalized spacial score (nSPS) is 26.2. The predicted molar refractivity (Wildman–Crippen MR) is 61.5 cm³/mol. The van der Waals surface area contributed by atoms with Crippen molar-refractivity contribution in [3.63, 3.8) is 0 Å². The monoisotopic (exact) mass is 206 g/mol. The van der Waals surface area contributed by atoms with Crippen molar-refractivity contribution in [2.75, 3.05) is 11.1 Å². The van der Waals surface area contributed by atoms with E-state index in [1.54, 1.807) is 6.07 Å². The molecule has 0 aromatic carbocycles. The molecular formula is C11H18N4. The maximum absolute atomic E-state index is 5.59. The molecule has 0 atom stereocenters. The number of anilines is 2. The van der Waals surface area contributed by atoms with Crippen molar-refractivity contribution in [3.05, 3.63) is 12.4 Å². The molecule has 15 heavy (non-hydrogen) atoms. The molecule has 4 nitrogen and oxygen atoms in total. The van der Waals surface area contributed by atoms with Crippen molar-refractivity contribution >= 4 is 11.6 Å². The zero-order chi connectivity index (χ0) is 10.7. The van der Waals surface area contributed by atoms with E-state index in [2.05, 4.69) is 22.2 Å². The molecule has 0 bridgehead atoms. The van der Waals surface area contributed by atoms with Crippen LogP contribution in [-0.2, 0) is 0 Å². The van der Waals surface area contributed by atoms with E-state index in [1.165, 1.54) is 32.0 Å². The van der Waals surface area contributed by atoms with Gasteiger partial charge in [-0.05, 0) is 31.6 Å². The summed E-state index contributed by atoms with van der Waals surface area (Å²) >= 11 is 0. The van der Waals surface area contributed by atoms with Crippen molar-refractivity contribution in [2.45, 2.75) is 38.6 Å². The van der Waals surface area contributed by atoms with E-state index < -0.39 is 0 Å². The first-order valence-corrected chi connectivity index (χ1v) is 5.58. The predicted octanol–water partition coefficient (Wildman–Crippen LogP) is 2.05. The summed E-state index contributed by atoms with van der Waals surface area (Å²) in [6, 6.07) is 2.34. The highest BCUT2D eigenvalue weighted by Crippen LogP contribution is 2.25. The second kappa shape index (κ2) is 4.47. The fourth-order valence-corrected chi connectivity index (χ4v) is 2.06. The molecule has 0 unspecified atom stereocenters. The molecule has 4 heteroatoms. The Bertz CT molecular complexity index is 318. The second-order valence-corrected chi connectivity index (χ2v) is 4.43. The average molecular weight is 206 g/mol. The topological polar surface area (TPSA) is 63.8 Å².